The summed E-state index contributed by atoms with van der Waals surface area (Å²) >= 11 is 9.21. The van der Waals surface area contributed by atoms with E-state index in [1.807, 2.05) is 12.1 Å². The lowest BCUT2D eigenvalue weighted by atomic mass is 10.3. The van der Waals surface area contributed by atoms with Crippen LogP contribution in [0.25, 0.3) is 5.69 Å². The monoisotopic (exact) mass is 281 g/mol. The van der Waals surface area contributed by atoms with Crippen molar-refractivity contribution in [3.63, 3.8) is 0 Å². The Morgan fingerprint density at radius 1 is 1.47 bits per heavy atom. The lowest BCUT2D eigenvalue weighted by molar-refractivity contribution is 0.876. The van der Waals surface area contributed by atoms with Gasteiger partial charge in [0, 0.05) is 15.7 Å². The highest BCUT2D eigenvalue weighted by Gasteiger charge is 2.04. The second-order valence-electron chi connectivity index (χ2n) is 2.88. The van der Waals surface area contributed by atoms with Gasteiger partial charge >= 0.3 is 0 Å². The molecule has 1 aromatic heterocycles. The van der Waals surface area contributed by atoms with Gasteiger partial charge in [-0.2, -0.15) is 10.4 Å². The maximum atomic E-state index is 8.68. The number of rotatable bonds is 1. The molecule has 0 aliphatic heterocycles. The standard InChI is InChI=1S/C10H5BrClN3/c11-9-3-8(12)1-2-10(9)15-6-7(4-13)5-14-15/h1-3,5-6H. The van der Waals surface area contributed by atoms with Crippen LogP contribution in [0.15, 0.2) is 35.1 Å². The molecule has 0 atom stereocenters. The van der Waals surface area contributed by atoms with E-state index in [0.717, 1.165) is 10.2 Å². The van der Waals surface area contributed by atoms with Gasteiger partial charge in [0.25, 0.3) is 0 Å². The summed E-state index contributed by atoms with van der Waals surface area (Å²) in [7, 11) is 0. The van der Waals surface area contributed by atoms with Gasteiger partial charge in [0.15, 0.2) is 0 Å². The lowest BCUT2D eigenvalue weighted by Crippen LogP contribution is -1.94. The van der Waals surface area contributed by atoms with E-state index in [2.05, 4.69) is 21.0 Å². The summed E-state index contributed by atoms with van der Waals surface area (Å²) in [5, 5.41) is 13.4. The van der Waals surface area contributed by atoms with Gasteiger partial charge < -0.3 is 0 Å². The number of halogens is 2. The Balaban J connectivity index is 2.50. The Kier molecular flexibility index (Phi) is 2.76. The molecule has 5 heteroatoms. The molecule has 3 nitrogen and oxygen atoms in total. The van der Waals surface area contributed by atoms with Gasteiger partial charge in [-0.1, -0.05) is 11.6 Å². The fourth-order valence-electron chi connectivity index (χ4n) is 1.18. The largest absolute Gasteiger partial charge is 0.238 e. The van der Waals surface area contributed by atoms with Crippen molar-refractivity contribution >= 4 is 27.5 Å². The molecule has 0 saturated heterocycles. The Bertz CT molecular complexity index is 542. The summed E-state index contributed by atoms with van der Waals surface area (Å²) in [6, 6.07) is 7.41. The van der Waals surface area contributed by atoms with Crippen LogP contribution in [0.3, 0.4) is 0 Å². The van der Waals surface area contributed by atoms with E-state index in [0.29, 0.717) is 10.6 Å². The van der Waals surface area contributed by atoms with Crippen molar-refractivity contribution in [2.24, 2.45) is 0 Å². The van der Waals surface area contributed by atoms with Gasteiger partial charge in [0.05, 0.1) is 17.4 Å². The highest BCUT2D eigenvalue weighted by Crippen LogP contribution is 2.24. The molecule has 2 aromatic rings. The van der Waals surface area contributed by atoms with Gasteiger partial charge in [-0.05, 0) is 34.1 Å². The second kappa shape index (κ2) is 4.05. The number of nitriles is 1. The predicted octanol–water partition coefficient (Wildman–Crippen LogP) is 3.16. The normalized spacial score (nSPS) is 9.93. The van der Waals surface area contributed by atoms with E-state index in [1.54, 1.807) is 23.0 Å². The number of hydrogen-bond acceptors (Lipinski definition) is 2. The number of benzene rings is 1. The molecule has 1 aromatic carbocycles. The molecule has 0 bridgehead atoms. The third kappa shape index (κ3) is 2.04. The first-order chi connectivity index (χ1) is 7.20. The lowest BCUT2D eigenvalue weighted by Gasteiger charge is -2.03. The van der Waals surface area contributed by atoms with Crippen LogP contribution >= 0.6 is 27.5 Å². The minimum absolute atomic E-state index is 0.525. The number of nitrogens with zero attached hydrogens (tertiary/aromatic N) is 3. The van der Waals surface area contributed by atoms with Crippen molar-refractivity contribution in [3.8, 4) is 11.8 Å². The van der Waals surface area contributed by atoms with Gasteiger partial charge in [-0.15, -0.1) is 0 Å². The highest BCUT2D eigenvalue weighted by molar-refractivity contribution is 9.10. The molecule has 0 radical (unpaired) electrons. The van der Waals surface area contributed by atoms with Crippen LogP contribution in [-0.4, -0.2) is 9.78 Å². The first-order valence-electron chi connectivity index (χ1n) is 4.11. The van der Waals surface area contributed by atoms with Gasteiger partial charge in [-0.25, -0.2) is 4.68 Å². The van der Waals surface area contributed by atoms with Crippen LogP contribution < -0.4 is 0 Å². The van der Waals surface area contributed by atoms with E-state index >= 15 is 0 Å². The van der Waals surface area contributed by atoms with Crippen molar-refractivity contribution in [1.29, 1.82) is 5.26 Å². The molecule has 0 aliphatic carbocycles. The zero-order valence-corrected chi connectivity index (χ0v) is 9.83. The molecule has 0 amide bonds. The van der Waals surface area contributed by atoms with Crippen LogP contribution in [0.1, 0.15) is 5.56 Å². The maximum absolute atomic E-state index is 8.68. The molecular weight excluding hydrogens is 277 g/mol. The molecule has 15 heavy (non-hydrogen) atoms. The molecule has 0 N–H and O–H groups in total. The summed E-state index contributed by atoms with van der Waals surface area (Å²) in [6.45, 7) is 0. The summed E-state index contributed by atoms with van der Waals surface area (Å²) in [4.78, 5) is 0. The SMILES string of the molecule is N#Cc1cnn(-c2ccc(Cl)cc2Br)c1. The molecule has 2 rings (SSSR count). The zero-order chi connectivity index (χ0) is 10.8. The quantitative estimate of drug-likeness (QED) is 0.806. The van der Waals surface area contributed by atoms with Gasteiger partial charge in [0.2, 0.25) is 0 Å². The van der Waals surface area contributed by atoms with Crippen LogP contribution in [0, 0.1) is 11.3 Å². The van der Waals surface area contributed by atoms with Crippen molar-refractivity contribution < 1.29 is 0 Å². The minimum Gasteiger partial charge on any atom is -0.238 e. The number of aromatic nitrogens is 2. The van der Waals surface area contributed by atoms with Crippen molar-refractivity contribution in [2.75, 3.05) is 0 Å². The fraction of sp³-hybridized carbons (Fsp3) is 0. The summed E-state index contributed by atoms with van der Waals surface area (Å²) < 4.78 is 2.46. The average molecular weight is 283 g/mol. The molecule has 1 heterocycles. The van der Waals surface area contributed by atoms with Crippen molar-refractivity contribution in [2.45, 2.75) is 0 Å². The summed E-state index contributed by atoms with van der Waals surface area (Å²) in [6.07, 6.45) is 3.18. The first-order valence-corrected chi connectivity index (χ1v) is 5.28. The predicted molar refractivity (Wildman–Crippen MR) is 61.0 cm³/mol. The van der Waals surface area contributed by atoms with Crippen LogP contribution in [0.2, 0.25) is 5.02 Å². The van der Waals surface area contributed by atoms with Crippen LogP contribution in [-0.2, 0) is 0 Å². The maximum Gasteiger partial charge on any atom is 0.102 e. The Morgan fingerprint density at radius 3 is 2.87 bits per heavy atom. The molecular formula is C10H5BrClN3. The zero-order valence-electron chi connectivity index (χ0n) is 7.48. The van der Waals surface area contributed by atoms with Crippen molar-refractivity contribution in [3.05, 3.63) is 45.7 Å². The molecule has 0 spiro atoms. The Morgan fingerprint density at radius 2 is 2.27 bits per heavy atom. The van der Waals surface area contributed by atoms with E-state index in [-0.39, 0.29) is 0 Å². The van der Waals surface area contributed by atoms with Crippen LogP contribution in [0.4, 0.5) is 0 Å². The highest BCUT2D eigenvalue weighted by atomic mass is 79.9. The Hall–Kier alpha value is -1.31. The molecule has 0 saturated carbocycles. The molecule has 0 aliphatic rings. The second-order valence-corrected chi connectivity index (χ2v) is 4.17. The smallest absolute Gasteiger partial charge is 0.102 e. The average Bonchev–Trinajstić information content (AvgIpc) is 2.66. The van der Waals surface area contributed by atoms with E-state index in [4.69, 9.17) is 16.9 Å². The molecule has 74 valence electrons. The number of hydrogen-bond donors (Lipinski definition) is 0. The molecule has 0 fully saturated rings. The summed E-state index contributed by atoms with van der Waals surface area (Å²) in [5.74, 6) is 0. The third-order valence-electron chi connectivity index (χ3n) is 1.87. The molecule has 0 unspecified atom stereocenters. The van der Waals surface area contributed by atoms with E-state index < -0.39 is 0 Å². The van der Waals surface area contributed by atoms with Crippen LogP contribution in [0.5, 0.6) is 0 Å². The summed E-state index contributed by atoms with van der Waals surface area (Å²) in [5.41, 5.74) is 1.37. The first kappa shape index (κ1) is 10.2. The van der Waals surface area contributed by atoms with E-state index in [1.165, 1.54) is 6.20 Å². The van der Waals surface area contributed by atoms with Gasteiger partial charge in [-0.3, -0.25) is 0 Å². The Labute approximate surface area is 100 Å². The minimum atomic E-state index is 0.525. The van der Waals surface area contributed by atoms with Gasteiger partial charge in [0.1, 0.15) is 6.07 Å². The van der Waals surface area contributed by atoms with Crippen molar-refractivity contribution in [1.82, 2.24) is 9.78 Å². The third-order valence-corrected chi connectivity index (χ3v) is 2.74. The van der Waals surface area contributed by atoms with E-state index in [9.17, 15) is 0 Å². The fourth-order valence-corrected chi connectivity index (χ4v) is 2.04. The topological polar surface area (TPSA) is 41.6 Å².